The van der Waals surface area contributed by atoms with Crippen LogP contribution in [-0.2, 0) is 19.1 Å². The largest absolute Gasteiger partial charge is 0.463 e. The van der Waals surface area contributed by atoms with Crippen LogP contribution < -0.4 is 5.32 Å². The predicted octanol–water partition coefficient (Wildman–Crippen LogP) is 4.26. The maximum atomic E-state index is 12.7. The van der Waals surface area contributed by atoms with Gasteiger partial charge in [-0.05, 0) is 45.2 Å². The molecule has 0 saturated heterocycles. The summed E-state index contributed by atoms with van der Waals surface area (Å²) in [5.74, 6) is -1.35. The number of hydrogen-bond acceptors (Lipinski definition) is 6. The number of ether oxygens (including phenoxy) is 2. The lowest BCUT2D eigenvalue weighted by atomic mass is 9.84. The van der Waals surface area contributed by atoms with E-state index < -0.39 is 17.9 Å². The zero-order valence-corrected chi connectivity index (χ0v) is 16.7. The average Bonchev–Trinajstić information content (AvgIpc) is 3.05. The van der Waals surface area contributed by atoms with Crippen molar-refractivity contribution < 1.29 is 19.1 Å². The highest BCUT2D eigenvalue weighted by Gasteiger charge is 2.38. The lowest BCUT2D eigenvalue weighted by Crippen LogP contribution is -2.32. The third kappa shape index (κ3) is 3.62. The van der Waals surface area contributed by atoms with Gasteiger partial charge in [0.15, 0.2) is 0 Å². The van der Waals surface area contributed by atoms with E-state index in [2.05, 4.69) is 5.32 Å². The van der Waals surface area contributed by atoms with E-state index in [0.717, 1.165) is 15.0 Å². The minimum absolute atomic E-state index is 0.270. The van der Waals surface area contributed by atoms with E-state index in [-0.39, 0.29) is 13.2 Å². The topological polar surface area (TPSA) is 64.6 Å². The Kier molecular flexibility index (Phi) is 5.65. The molecule has 0 saturated carbocycles. The Morgan fingerprint density at radius 2 is 1.56 bits per heavy atom. The Labute approximate surface area is 162 Å². The highest BCUT2D eigenvalue weighted by Crippen LogP contribution is 2.43. The molecule has 5 nitrogen and oxygen atoms in total. The van der Waals surface area contributed by atoms with Crippen molar-refractivity contribution in [3.8, 4) is 0 Å². The van der Waals surface area contributed by atoms with Gasteiger partial charge < -0.3 is 14.8 Å². The van der Waals surface area contributed by atoms with E-state index >= 15 is 0 Å². The van der Waals surface area contributed by atoms with E-state index in [0.29, 0.717) is 22.5 Å². The van der Waals surface area contributed by atoms with Crippen molar-refractivity contribution in [2.45, 2.75) is 33.6 Å². The summed E-state index contributed by atoms with van der Waals surface area (Å²) in [4.78, 5) is 26.4. The number of dihydropyridines is 1. The van der Waals surface area contributed by atoms with Crippen molar-refractivity contribution in [2.75, 3.05) is 13.2 Å². The standard InChI is InChI=1S/C21H23NO4S/c1-5-25-20(23)17-12(3)22-13(4)18(21(24)26-6-2)19(17)16-11-14-9-7-8-10-15(14)27-16/h7-11,19,22H,5-6H2,1-4H3. The molecule has 1 aromatic heterocycles. The van der Waals surface area contributed by atoms with Gasteiger partial charge in [0.1, 0.15) is 0 Å². The number of carbonyl (C=O) groups excluding carboxylic acids is 2. The maximum Gasteiger partial charge on any atom is 0.336 e. The quantitative estimate of drug-likeness (QED) is 0.779. The van der Waals surface area contributed by atoms with E-state index in [1.807, 2.05) is 44.2 Å². The number of carbonyl (C=O) groups is 2. The molecule has 0 unspecified atom stereocenters. The molecule has 0 bridgehead atoms. The van der Waals surface area contributed by atoms with Crippen molar-refractivity contribution in [1.82, 2.24) is 5.32 Å². The molecule has 27 heavy (non-hydrogen) atoms. The molecular weight excluding hydrogens is 362 g/mol. The second-order valence-corrected chi connectivity index (χ2v) is 7.38. The minimum atomic E-state index is -0.512. The molecule has 2 heterocycles. The molecule has 0 atom stereocenters. The molecule has 142 valence electrons. The van der Waals surface area contributed by atoms with Gasteiger partial charge in [-0.3, -0.25) is 0 Å². The lowest BCUT2D eigenvalue weighted by Gasteiger charge is -2.29. The van der Waals surface area contributed by atoms with Gasteiger partial charge in [0.25, 0.3) is 0 Å². The van der Waals surface area contributed by atoms with Crippen molar-refractivity contribution in [1.29, 1.82) is 0 Å². The molecule has 3 rings (SSSR count). The van der Waals surface area contributed by atoms with Gasteiger partial charge >= 0.3 is 11.9 Å². The second-order valence-electron chi connectivity index (χ2n) is 6.26. The first-order valence-electron chi connectivity index (χ1n) is 8.99. The van der Waals surface area contributed by atoms with Crippen LogP contribution in [0.15, 0.2) is 52.9 Å². The average molecular weight is 385 g/mol. The first kappa shape index (κ1) is 19.2. The third-order valence-corrected chi connectivity index (χ3v) is 5.66. The van der Waals surface area contributed by atoms with Crippen molar-refractivity contribution in [2.24, 2.45) is 0 Å². The van der Waals surface area contributed by atoms with Crippen molar-refractivity contribution in [3.05, 3.63) is 57.7 Å². The zero-order chi connectivity index (χ0) is 19.6. The molecule has 1 aromatic carbocycles. The summed E-state index contributed by atoms with van der Waals surface area (Å²) in [5, 5.41) is 4.23. The number of rotatable bonds is 5. The summed E-state index contributed by atoms with van der Waals surface area (Å²) in [6.45, 7) is 7.74. The smallest absolute Gasteiger partial charge is 0.336 e. The fourth-order valence-electron chi connectivity index (χ4n) is 3.38. The summed E-state index contributed by atoms with van der Waals surface area (Å²) in [6, 6.07) is 10.0. The molecule has 2 aromatic rings. The maximum absolute atomic E-state index is 12.7. The molecule has 1 N–H and O–H groups in total. The van der Waals surface area contributed by atoms with Crippen LogP contribution in [-0.4, -0.2) is 25.2 Å². The fourth-order valence-corrected chi connectivity index (χ4v) is 4.57. The van der Waals surface area contributed by atoms with Crippen LogP contribution in [0.2, 0.25) is 0 Å². The van der Waals surface area contributed by atoms with Crippen LogP contribution in [0.25, 0.3) is 10.1 Å². The molecule has 1 aliphatic heterocycles. The Balaban J connectivity index is 2.19. The summed E-state index contributed by atoms with van der Waals surface area (Å²) >= 11 is 1.57. The minimum Gasteiger partial charge on any atom is -0.463 e. The third-order valence-electron chi connectivity index (χ3n) is 4.48. The summed E-state index contributed by atoms with van der Waals surface area (Å²) in [7, 11) is 0. The van der Waals surface area contributed by atoms with Gasteiger partial charge in [-0.2, -0.15) is 0 Å². The van der Waals surface area contributed by atoms with Crippen LogP contribution in [0.5, 0.6) is 0 Å². The number of thiophene rings is 1. The Morgan fingerprint density at radius 3 is 2.07 bits per heavy atom. The van der Waals surface area contributed by atoms with Gasteiger partial charge in [-0.1, -0.05) is 18.2 Å². The molecular formula is C21H23NO4S. The lowest BCUT2D eigenvalue weighted by molar-refractivity contribution is -0.139. The summed E-state index contributed by atoms with van der Waals surface area (Å²) < 4.78 is 11.7. The fraction of sp³-hybridized carbons (Fsp3) is 0.333. The van der Waals surface area contributed by atoms with Gasteiger partial charge in [-0.25, -0.2) is 9.59 Å². The molecule has 0 aliphatic carbocycles. The summed E-state index contributed by atoms with van der Waals surface area (Å²) in [6.07, 6.45) is 0. The number of fused-ring (bicyclic) bond motifs is 1. The number of esters is 2. The molecule has 0 amide bonds. The van der Waals surface area contributed by atoms with Crippen LogP contribution in [0.1, 0.15) is 38.5 Å². The van der Waals surface area contributed by atoms with Crippen molar-refractivity contribution >= 4 is 33.4 Å². The molecule has 0 spiro atoms. The van der Waals surface area contributed by atoms with E-state index in [1.165, 1.54) is 0 Å². The highest BCUT2D eigenvalue weighted by molar-refractivity contribution is 7.19. The van der Waals surface area contributed by atoms with Gasteiger partial charge in [0.2, 0.25) is 0 Å². The molecule has 0 fully saturated rings. The van der Waals surface area contributed by atoms with Gasteiger partial charge in [-0.15, -0.1) is 11.3 Å². The SMILES string of the molecule is CCOC(=O)C1=C(C)NC(C)=C(C(=O)OCC)C1c1cc2ccccc2s1. The summed E-state index contributed by atoms with van der Waals surface area (Å²) in [5.41, 5.74) is 2.30. The number of nitrogens with one attached hydrogen (secondary N) is 1. The molecule has 1 aliphatic rings. The van der Waals surface area contributed by atoms with E-state index in [4.69, 9.17) is 9.47 Å². The zero-order valence-electron chi connectivity index (χ0n) is 15.9. The van der Waals surface area contributed by atoms with E-state index in [1.54, 1.807) is 25.2 Å². The Bertz CT molecular complexity index is 881. The molecule has 6 heteroatoms. The molecule has 0 radical (unpaired) electrons. The van der Waals surface area contributed by atoms with Crippen LogP contribution >= 0.6 is 11.3 Å². The highest BCUT2D eigenvalue weighted by atomic mass is 32.1. The number of hydrogen-bond donors (Lipinski definition) is 1. The van der Waals surface area contributed by atoms with Gasteiger partial charge in [0, 0.05) is 21.0 Å². The van der Waals surface area contributed by atoms with Crippen molar-refractivity contribution in [3.63, 3.8) is 0 Å². The monoisotopic (exact) mass is 385 g/mol. The van der Waals surface area contributed by atoms with Crippen LogP contribution in [0.3, 0.4) is 0 Å². The number of benzene rings is 1. The van der Waals surface area contributed by atoms with Crippen LogP contribution in [0.4, 0.5) is 0 Å². The number of allylic oxidation sites excluding steroid dienone is 2. The Hall–Kier alpha value is -2.60. The Morgan fingerprint density at radius 1 is 1.00 bits per heavy atom. The normalized spacial score (nSPS) is 15.1. The van der Waals surface area contributed by atoms with Gasteiger partial charge in [0.05, 0.1) is 30.3 Å². The predicted molar refractivity (Wildman–Crippen MR) is 106 cm³/mol. The first-order valence-corrected chi connectivity index (χ1v) is 9.80. The van der Waals surface area contributed by atoms with E-state index in [9.17, 15) is 9.59 Å². The van der Waals surface area contributed by atoms with Crippen LogP contribution in [0, 0.1) is 0 Å². The second kappa shape index (κ2) is 7.96. The first-order chi connectivity index (χ1) is 13.0.